The van der Waals surface area contributed by atoms with Crippen LogP contribution in [0.3, 0.4) is 0 Å². The van der Waals surface area contributed by atoms with E-state index < -0.39 is 0 Å². The third-order valence-electron chi connectivity index (χ3n) is 5.21. The van der Waals surface area contributed by atoms with Gasteiger partial charge < -0.3 is 19.4 Å². The van der Waals surface area contributed by atoms with E-state index in [4.69, 9.17) is 9.15 Å². The van der Waals surface area contributed by atoms with Crippen molar-refractivity contribution in [2.45, 2.75) is 57.2 Å². The number of furan rings is 1. The summed E-state index contributed by atoms with van der Waals surface area (Å²) in [5.74, 6) is 2.24. The molecule has 1 aromatic heterocycles. The molecule has 1 atom stereocenters. The molecule has 4 rings (SSSR count). The van der Waals surface area contributed by atoms with Crippen LogP contribution in [-0.2, 0) is 11.3 Å². The van der Waals surface area contributed by atoms with Crippen LogP contribution in [0.2, 0.25) is 0 Å². The van der Waals surface area contributed by atoms with Gasteiger partial charge in [-0.2, -0.15) is 0 Å². The monoisotopic (exact) mass is 318 g/mol. The molecule has 0 radical (unpaired) electrons. The minimum Gasteiger partial charge on any atom is -0.467 e. The van der Waals surface area contributed by atoms with Gasteiger partial charge in [-0.3, -0.25) is 0 Å². The van der Waals surface area contributed by atoms with E-state index in [1.807, 2.05) is 17.0 Å². The minimum atomic E-state index is 0.0423. The Hall–Kier alpha value is -1.49. The first kappa shape index (κ1) is 15.1. The fourth-order valence-electron chi connectivity index (χ4n) is 3.61. The zero-order valence-electron chi connectivity index (χ0n) is 13.6. The summed E-state index contributed by atoms with van der Waals surface area (Å²) in [7, 11) is 0. The first-order valence-electron chi connectivity index (χ1n) is 8.99. The molecule has 126 valence electrons. The summed E-state index contributed by atoms with van der Waals surface area (Å²) in [5.41, 5.74) is 0. The first-order chi connectivity index (χ1) is 11.3. The SMILES string of the molecule is O=C(NC(C1CC1)C1CC1)N(Cc1ccco1)CC1CCCO1. The van der Waals surface area contributed by atoms with Gasteiger partial charge in [0.2, 0.25) is 0 Å². The summed E-state index contributed by atoms with van der Waals surface area (Å²) in [6, 6.07) is 4.22. The van der Waals surface area contributed by atoms with Gasteiger partial charge in [0.25, 0.3) is 0 Å². The molecule has 23 heavy (non-hydrogen) atoms. The summed E-state index contributed by atoms with van der Waals surface area (Å²) in [5, 5.41) is 3.32. The molecule has 1 saturated heterocycles. The molecule has 1 aliphatic heterocycles. The molecule has 3 aliphatic rings. The van der Waals surface area contributed by atoms with Gasteiger partial charge in [0.1, 0.15) is 5.76 Å². The van der Waals surface area contributed by atoms with Crippen LogP contribution in [0, 0.1) is 11.8 Å². The maximum absolute atomic E-state index is 12.8. The fraction of sp³-hybridized carbons (Fsp3) is 0.722. The second kappa shape index (κ2) is 6.56. The van der Waals surface area contributed by atoms with Gasteiger partial charge in [0, 0.05) is 19.2 Å². The number of hydrogen-bond donors (Lipinski definition) is 1. The predicted molar refractivity (Wildman–Crippen MR) is 85.9 cm³/mol. The summed E-state index contributed by atoms with van der Waals surface area (Å²) in [4.78, 5) is 14.7. The number of rotatable bonds is 7. The highest BCUT2D eigenvalue weighted by molar-refractivity contribution is 5.74. The predicted octanol–water partition coefficient (Wildman–Crippen LogP) is 3.16. The van der Waals surface area contributed by atoms with E-state index in [1.54, 1.807) is 6.26 Å². The Morgan fingerprint density at radius 3 is 2.61 bits per heavy atom. The van der Waals surface area contributed by atoms with Crippen molar-refractivity contribution < 1.29 is 13.9 Å². The number of hydrogen-bond acceptors (Lipinski definition) is 3. The number of nitrogens with one attached hydrogen (secondary N) is 1. The van der Waals surface area contributed by atoms with Crippen molar-refractivity contribution in [1.29, 1.82) is 0 Å². The van der Waals surface area contributed by atoms with Crippen LogP contribution in [0.4, 0.5) is 4.79 Å². The van der Waals surface area contributed by atoms with E-state index in [-0.39, 0.29) is 12.1 Å². The molecule has 1 aromatic rings. The van der Waals surface area contributed by atoms with Crippen molar-refractivity contribution in [1.82, 2.24) is 10.2 Å². The quantitative estimate of drug-likeness (QED) is 0.840. The molecule has 3 fully saturated rings. The number of ether oxygens (including phenoxy) is 1. The zero-order valence-corrected chi connectivity index (χ0v) is 13.6. The van der Waals surface area contributed by atoms with E-state index in [0.29, 0.717) is 31.0 Å². The second-order valence-electron chi connectivity index (χ2n) is 7.25. The van der Waals surface area contributed by atoms with Crippen LogP contribution in [0.1, 0.15) is 44.3 Å². The Kier molecular flexibility index (Phi) is 4.29. The van der Waals surface area contributed by atoms with Crippen molar-refractivity contribution in [2.24, 2.45) is 11.8 Å². The number of nitrogens with zero attached hydrogens (tertiary/aromatic N) is 1. The first-order valence-corrected chi connectivity index (χ1v) is 8.99. The molecule has 2 saturated carbocycles. The molecule has 2 amide bonds. The zero-order chi connectivity index (χ0) is 15.6. The highest BCUT2D eigenvalue weighted by atomic mass is 16.5. The van der Waals surface area contributed by atoms with Crippen molar-refractivity contribution in [3.63, 3.8) is 0 Å². The van der Waals surface area contributed by atoms with Gasteiger partial charge in [-0.15, -0.1) is 0 Å². The third kappa shape index (κ3) is 3.89. The maximum Gasteiger partial charge on any atom is 0.318 e. The topological polar surface area (TPSA) is 54.7 Å². The Balaban J connectivity index is 1.40. The highest BCUT2D eigenvalue weighted by Gasteiger charge is 2.42. The van der Waals surface area contributed by atoms with E-state index in [1.165, 1.54) is 25.7 Å². The molecule has 1 unspecified atom stereocenters. The van der Waals surface area contributed by atoms with E-state index in [2.05, 4.69) is 5.32 Å². The molecule has 5 heteroatoms. The molecule has 2 aliphatic carbocycles. The average molecular weight is 318 g/mol. The van der Waals surface area contributed by atoms with Crippen molar-refractivity contribution >= 4 is 6.03 Å². The van der Waals surface area contributed by atoms with Crippen LogP contribution in [0.5, 0.6) is 0 Å². The molecule has 0 bridgehead atoms. The lowest BCUT2D eigenvalue weighted by atomic mass is 10.1. The lowest BCUT2D eigenvalue weighted by molar-refractivity contribution is 0.0767. The summed E-state index contributed by atoms with van der Waals surface area (Å²) in [6.07, 6.45) is 9.03. The normalized spacial score (nSPS) is 24.1. The van der Waals surface area contributed by atoms with Crippen molar-refractivity contribution in [3.05, 3.63) is 24.2 Å². The van der Waals surface area contributed by atoms with Gasteiger partial charge >= 0.3 is 6.03 Å². The molecule has 5 nitrogen and oxygen atoms in total. The number of amides is 2. The summed E-state index contributed by atoms with van der Waals surface area (Å²) < 4.78 is 11.2. The Morgan fingerprint density at radius 1 is 1.26 bits per heavy atom. The number of carbonyl (C=O) groups is 1. The Morgan fingerprint density at radius 2 is 2.04 bits per heavy atom. The van der Waals surface area contributed by atoms with Crippen molar-refractivity contribution in [2.75, 3.05) is 13.2 Å². The third-order valence-corrected chi connectivity index (χ3v) is 5.21. The van der Waals surface area contributed by atoms with Gasteiger partial charge in [-0.25, -0.2) is 4.79 Å². The van der Waals surface area contributed by atoms with Crippen molar-refractivity contribution in [3.8, 4) is 0 Å². The van der Waals surface area contributed by atoms with E-state index >= 15 is 0 Å². The van der Waals surface area contributed by atoms with Crippen LogP contribution in [0.25, 0.3) is 0 Å². The lowest BCUT2D eigenvalue weighted by Crippen LogP contribution is -2.48. The highest BCUT2D eigenvalue weighted by Crippen LogP contribution is 2.44. The van der Waals surface area contributed by atoms with Gasteiger partial charge in [-0.1, -0.05) is 0 Å². The molecule has 0 spiro atoms. The van der Waals surface area contributed by atoms with Crippen LogP contribution in [-0.4, -0.2) is 36.2 Å². The van der Waals surface area contributed by atoms with E-state index in [0.717, 1.165) is 25.2 Å². The lowest BCUT2D eigenvalue weighted by Gasteiger charge is -2.28. The number of carbonyl (C=O) groups excluding carboxylic acids is 1. The summed E-state index contributed by atoms with van der Waals surface area (Å²) in [6.45, 7) is 1.98. The average Bonchev–Trinajstić information content (AvgIpc) is 3.47. The smallest absolute Gasteiger partial charge is 0.318 e. The molecule has 0 aromatic carbocycles. The molecule has 2 heterocycles. The molecule has 1 N–H and O–H groups in total. The van der Waals surface area contributed by atoms with Crippen LogP contribution in [0.15, 0.2) is 22.8 Å². The second-order valence-corrected chi connectivity index (χ2v) is 7.25. The largest absolute Gasteiger partial charge is 0.467 e. The number of urea groups is 1. The Bertz CT molecular complexity index is 504. The maximum atomic E-state index is 12.8. The van der Waals surface area contributed by atoms with Crippen LogP contribution < -0.4 is 5.32 Å². The van der Waals surface area contributed by atoms with Gasteiger partial charge in [0.05, 0.1) is 18.9 Å². The molecular formula is C18H26N2O3. The fourth-order valence-corrected chi connectivity index (χ4v) is 3.61. The van der Waals surface area contributed by atoms with E-state index in [9.17, 15) is 4.79 Å². The van der Waals surface area contributed by atoms with Gasteiger partial charge in [0.15, 0.2) is 0 Å². The standard InChI is InChI=1S/C18H26N2O3/c21-18(19-17(13-5-6-13)14-7-8-14)20(11-15-3-1-9-22-15)12-16-4-2-10-23-16/h1,3,9,13-14,16-17H,2,4-8,10-12H2,(H,19,21). The van der Waals surface area contributed by atoms with Gasteiger partial charge in [-0.05, 0) is 62.5 Å². The summed E-state index contributed by atoms with van der Waals surface area (Å²) >= 11 is 0. The minimum absolute atomic E-state index is 0.0423. The molecular weight excluding hydrogens is 292 g/mol. The Labute approximate surface area is 137 Å². The van der Waals surface area contributed by atoms with Crippen LogP contribution >= 0.6 is 0 Å².